The van der Waals surface area contributed by atoms with E-state index in [2.05, 4.69) is 30.8 Å². The molecule has 1 atom stereocenters. The normalized spacial score (nSPS) is 34.3. The molecular formula is C11H14BrN3. The molecule has 0 saturated carbocycles. The lowest BCUT2D eigenvalue weighted by atomic mass is 9.77. The first-order valence-corrected chi connectivity index (χ1v) is 6.32. The van der Waals surface area contributed by atoms with Crippen LogP contribution in [0.1, 0.15) is 24.5 Å². The van der Waals surface area contributed by atoms with E-state index < -0.39 is 0 Å². The lowest BCUT2D eigenvalue weighted by Gasteiger charge is -2.44. The van der Waals surface area contributed by atoms with Gasteiger partial charge in [-0.2, -0.15) is 0 Å². The highest BCUT2D eigenvalue weighted by molar-refractivity contribution is 9.10. The molecule has 15 heavy (non-hydrogen) atoms. The van der Waals surface area contributed by atoms with Gasteiger partial charge in [0.2, 0.25) is 0 Å². The zero-order valence-corrected chi connectivity index (χ0v) is 10.2. The summed E-state index contributed by atoms with van der Waals surface area (Å²) in [6.45, 7) is 3.74. The number of nitrogens with zero attached hydrogens (tertiary/aromatic N) is 3. The summed E-state index contributed by atoms with van der Waals surface area (Å²) in [4.78, 5) is 11.3. The molecule has 0 radical (unpaired) electrons. The summed E-state index contributed by atoms with van der Waals surface area (Å²) >= 11 is 3.39. The molecule has 3 saturated heterocycles. The predicted octanol–water partition coefficient (Wildman–Crippen LogP) is 2.05. The molecule has 0 amide bonds. The summed E-state index contributed by atoms with van der Waals surface area (Å²) in [5.74, 6) is 1.44. The third kappa shape index (κ3) is 1.81. The second kappa shape index (κ2) is 3.83. The van der Waals surface area contributed by atoms with Gasteiger partial charge in [0, 0.05) is 18.7 Å². The van der Waals surface area contributed by atoms with Crippen LogP contribution < -0.4 is 0 Å². The molecule has 3 nitrogen and oxygen atoms in total. The minimum Gasteiger partial charge on any atom is -0.303 e. The summed E-state index contributed by atoms with van der Waals surface area (Å²) in [5.41, 5.74) is 1.17. The van der Waals surface area contributed by atoms with Crippen molar-refractivity contribution in [3.63, 3.8) is 0 Å². The second-order valence-electron chi connectivity index (χ2n) is 4.51. The first-order chi connectivity index (χ1) is 7.33. The third-order valence-corrected chi connectivity index (χ3v) is 4.04. The van der Waals surface area contributed by atoms with Crippen LogP contribution in [0.5, 0.6) is 0 Å². The average Bonchev–Trinajstić information content (AvgIpc) is 2.30. The summed E-state index contributed by atoms with van der Waals surface area (Å²) in [6, 6.07) is 0. The van der Waals surface area contributed by atoms with Crippen molar-refractivity contribution in [2.24, 2.45) is 5.92 Å². The Bertz CT molecular complexity index is 361. The van der Waals surface area contributed by atoms with Crippen LogP contribution in [-0.2, 0) is 0 Å². The van der Waals surface area contributed by atoms with Crippen LogP contribution in [-0.4, -0.2) is 34.5 Å². The van der Waals surface area contributed by atoms with Crippen molar-refractivity contribution in [3.05, 3.63) is 22.7 Å². The standard InChI is InChI=1S/C11H14BrN3/c12-11-6-13-5-10(14-11)9-7-15-3-1-8(9)2-4-15/h5-6,8-9H,1-4,7H2. The van der Waals surface area contributed by atoms with E-state index in [0.717, 1.165) is 10.5 Å². The third-order valence-electron chi connectivity index (χ3n) is 3.66. The van der Waals surface area contributed by atoms with Crippen molar-refractivity contribution in [1.82, 2.24) is 14.9 Å². The van der Waals surface area contributed by atoms with Gasteiger partial charge in [-0.05, 0) is 47.8 Å². The molecule has 4 heteroatoms. The smallest absolute Gasteiger partial charge is 0.124 e. The van der Waals surface area contributed by atoms with Crippen molar-refractivity contribution in [2.75, 3.05) is 19.6 Å². The van der Waals surface area contributed by atoms with Crippen molar-refractivity contribution < 1.29 is 0 Å². The van der Waals surface area contributed by atoms with Gasteiger partial charge in [0.05, 0.1) is 11.9 Å². The van der Waals surface area contributed by atoms with E-state index in [-0.39, 0.29) is 0 Å². The molecule has 1 unspecified atom stereocenters. The molecule has 0 aliphatic carbocycles. The molecule has 3 aliphatic rings. The Hall–Kier alpha value is -0.480. The van der Waals surface area contributed by atoms with Gasteiger partial charge in [0.15, 0.2) is 0 Å². The monoisotopic (exact) mass is 267 g/mol. The van der Waals surface area contributed by atoms with Crippen molar-refractivity contribution in [2.45, 2.75) is 18.8 Å². The molecule has 1 aromatic rings. The molecule has 0 aromatic carbocycles. The number of aromatic nitrogens is 2. The van der Waals surface area contributed by atoms with E-state index >= 15 is 0 Å². The van der Waals surface area contributed by atoms with Crippen molar-refractivity contribution >= 4 is 15.9 Å². The SMILES string of the molecule is Brc1cncc(C2CN3CCC2CC3)n1. The lowest BCUT2D eigenvalue weighted by molar-refractivity contribution is 0.0852. The average molecular weight is 268 g/mol. The molecule has 0 N–H and O–H groups in total. The lowest BCUT2D eigenvalue weighted by Crippen LogP contribution is -2.46. The zero-order chi connectivity index (χ0) is 10.3. The maximum atomic E-state index is 4.54. The number of hydrogen-bond donors (Lipinski definition) is 0. The summed E-state index contributed by atoms with van der Waals surface area (Å²) in [6.07, 6.45) is 6.35. The Balaban J connectivity index is 1.88. The fourth-order valence-corrected chi connectivity index (χ4v) is 3.16. The van der Waals surface area contributed by atoms with Crippen LogP contribution in [0.3, 0.4) is 0 Å². The molecule has 3 aliphatic heterocycles. The number of halogens is 1. The van der Waals surface area contributed by atoms with Crippen LogP contribution in [0.2, 0.25) is 0 Å². The quantitative estimate of drug-likeness (QED) is 0.780. The molecule has 80 valence electrons. The van der Waals surface area contributed by atoms with Crippen LogP contribution in [0.4, 0.5) is 0 Å². The highest BCUT2D eigenvalue weighted by Crippen LogP contribution is 2.38. The molecule has 3 fully saturated rings. The molecule has 0 spiro atoms. The van der Waals surface area contributed by atoms with Crippen LogP contribution in [0, 0.1) is 5.92 Å². The molecular weight excluding hydrogens is 254 g/mol. The molecule has 1 aromatic heterocycles. The summed E-state index contributed by atoms with van der Waals surface area (Å²) in [5, 5.41) is 0. The number of fused-ring (bicyclic) bond motifs is 3. The maximum Gasteiger partial charge on any atom is 0.124 e. The van der Waals surface area contributed by atoms with Gasteiger partial charge in [0.1, 0.15) is 4.60 Å². The highest BCUT2D eigenvalue weighted by Gasteiger charge is 2.35. The largest absolute Gasteiger partial charge is 0.303 e. The Morgan fingerprint density at radius 3 is 2.67 bits per heavy atom. The van der Waals surface area contributed by atoms with E-state index in [0.29, 0.717) is 5.92 Å². The van der Waals surface area contributed by atoms with E-state index in [1.807, 2.05) is 6.20 Å². The summed E-state index contributed by atoms with van der Waals surface area (Å²) in [7, 11) is 0. The first-order valence-electron chi connectivity index (χ1n) is 5.53. The fourth-order valence-electron chi connectivity index (χ4n) is 2.83. The van der Waals surface area contributed by atoms with Gasteiger partial charge in [-0.15, -0.1) is 0 Å². The van der Waals surface area contributed by atoms with Crippen LogP contribution >= 0.6 is 15.9 Å². The van der Waals surface area contributed by atoms with E-state index in [1.54, 1.807) is 6.20 Å². The van der Waals surface area contributed by atoms with Crippen LogP contribution in [0.25, 0.3) is 0 Å². The zero-order valence-electron chi connectivity index (χ0n) is 8.56. The molecule has 4 heterocycles. The predicted molar refractivity (Wildman–Crippen MR) is 61.6 cm³/mol. The molecule has 4 rings (SSSR count). The van der Waals surface area contributed by atoms with Crippen molar-refractivity contribution in [1.29, 1.82) is 0 Å². The maximum absolute atomic E-state index is 4.54. The van der Waals surface area contributed by atoms with Crippen LogP contribution in [0.15, 0.2) is 17.0 Å². The Labute approximate surface area is 98.0 Å². The van der Waals surface area contributed by atoms with Gasteiger partial charge >= 0.3 is 0 Å². The Kier molecular flexibility index (Phi) is 2.48. The van der Waals surface area contributed by atoms with Gasteiger partial charge in [-0.3, -0.25) is 4.98 Å². The number of piperidine rings is 3. The minimum absolute atomic E-state index is 0.609. The Morgan fingerprint density at radius 2 is 2.07 bits per heavy atom. The first kappa shape index (κ1) is 9.73. The van der Waals surface area contributed by atoms with Crippen molar-refractivity contribution in [3.8, 4) is 0 Å². The van der Waals surface area contributed by atoms with Gasteiger partial charge in [0.25, 0.3) is 0 Å². The fraction of sp³-hybridized carbons (Fsp3) is 0.636. The topological polar surface area (TPSA) is 29.0 Å². The highest BCUT2D eigenvalue weighted by atomic mass is 79.9. The Morgan fingerprint density at radius 1 is 1.27 bits per heavy atom. The van der Waals surface area contributed by atoms with E-state index in [1.165, 1.54) is 38.2 Å². The van der Waals surface area contributed by atoms with Gasteiger partial charge in [-0.25, -0.2) is 4.98 Å². The molecule has 2 bridgehead atoms. The second-order valence-corrected chi connectivity index (χ2v) is 5.32. The number of hydrogen-bond acceptors (Lipinski definition) is 3. The van der Waals surface area contributed by atoms with Gasteiger partial charge in [-0.1, -0.05) is 0 Å². The number of rotatable bonds is 1. The summed E-state index contributed by atoms with van der Waals surface area (Å²) < 4.78 is 0.858. The van der Waals surface area contributed by atoms with Gasteiger partial charge < -0.3 is 4.90 Å². The minimum atomic E-state index is 0.609. The van der Waals surface area contributed by atoms with E-state index in [9.17, 15) is 0 Å². The van der Waals surface area contributed by atoms with E-state index in [4.69, 9.17) is 0 Å².